The summed E-state index contributed by atoms with van der Waals surface area (Å²) in [6.45, 7) is 0.819. The molecule has 0 amide bonds. The van der Waals surface area contributed by atoms with Gasteiger partial charge < -0.3 is 20.3 Å². The molecule has 0 radical (unpaired) electrons. The minimum absolute atomic E-state index is 0.101. The summed E-state index contributed by atoms with van der Waals surface area (Å²) in [5, 5.41) is 8.55. The Balaban J connectivity index is 2.37. The average Bonchev–Trinajstić information content (AvgIpc) is 2.60. The Bertz CT molecular complexity index is 509. The SMILES string of the molecule is NC(Cc1cc2c(c(Cl)c1F)OCCCO2)C(=O)O. The van der Waals surface area contributed by atoms with Crippen molar-refractivity contribution < 1.29 is 23.8 Å². The largest absolute Gasteiger partial charge is 0.489 e. The number of rotatable bonds is 3. The third-order valence-electron chi connectivity index (χ3n) is 2.75. The molecule has 0 saturated heterocycles. The van der Waals surface area contributed by atoms with Gasteiger partial charge in [-0.15, -0.1) is 0 Å². The molecule has 2 rings (SSSR count). The molecule has 5 nitrogen and oxygen atoms in total. The monoisotopic (exact) mass is 289 g/mol. The maximum Gasteiger partial charge on any atom is 0.320 e. The lowest BCUT2D eigenvalue weighted by atomic mass is 10.1. The highest BCUT2D eigenvalue weighted by atomic mass is 35.5. The summed E-state index contributed by atoms with van der Waals surface area (Å²) in [4.78, 5) is 10.7. The number of aliphatic carboxylic acids is 1. The van der Waals surface area contributed by atoms with E-state index < -0.39 is 17.8 Å². The van der Waals surface area contributed by atoms with E-state index in [0.29, 0.717) is 25.4 Å². The third-order valence-corrected chi connectivity index (χ3v) is 3.09. The van der Waals surface area contributed by atoms with Crippen LogP contribution in [0.1, 0.15) is 12.0 Å². The molecule has 0 saturated carbocycles. The predicted molar refractivity (Wildman–Crippen MR) is 66.3 cm³/mol. The third kappa shape index (κ3) is 2.90. The molecule has 3 N–H and O–H groups in total. The molecule has 0 spiro atoms. The summed E-state index contributed by atoms with van der Waals surface area (Å²) < 4.78 is 24.8. The summed E-state index contributed by atoms with van der Waals surface area (Å²) in [6.07, 6.45) is 0.494. The Labute approximate surface area is 114 Å². The number of carboxylic acid groups (broad SMARTS) is 1. The fourth-order valence-electron chi connectivity index (χ4n) is 1.77. The Morgan fingerprint density at radius 2 is 2.21 bits per heavy atom. The summed E-state index contributed by atoms with van der Waals surface area (Å²) >= 11 is 5.88. The highest BCUT2D eigenvalue weighted by Gasteiger charge is 2.23. The molecule has 0 bridgehead atoms. The van der Waals surface area contributed by atoms with Crippen LogP contribution in [0, 0.1) is 5.82 Å². The number of ether oxygens (including phenoxy) is 2. The van der Waals surface area contributed by atoms with Gasteiger partial charge in [0.15, 0.2) is 11.5 Å². The van der Waals surface area contributed by atoms with Gasteiger partial charge in [-0.2, -0.15) is 0 Å². The van der Waals surface area contributed by atoms with Crippen LogP contribution in [0.2, 0.25) is 5.02 Å². The minimum atomic E-state index is -1.21. The number of hydrogen-bond acceptors (Lipinski definition) is 4. The van der Waals surface area contributed by atoms with E-state index in [2.05, 4.69) is 0 Å². The van der Waals surface area contributed by atoms with E-state index in [1.807, 2.05) is 0 Å². The molecule has 7 heteroatoms. The first-order chi connectivity index (χ1) is 9.00. The van der Waals surface area contributed by atoms with Gasteiger partial charge in [-0.1, -0.05) is 11.6 Å². The second-order valence-corrected chi connectivity index (χ2v) is 4.57. The minimum Gasteiger partial charge on any atom is -0.489 e. The van der Waals surface area contributed by atoms with Crippen LogP contribution in [-0.2, 0) is 11.2 Å². The average molecular weight is 290 g/mol. The number of benzene rings is 1. The fourth-order valence-corrected chi connectivity index (χ4v) is 2.03. The van der Waals surface area contributed by atoms with Crippen LogP contribution in [0.15, 0.2) is 6.07 Å². The molecule has 0 fully saturated rings. The lowest BCUT2D eigenvalue weighted by Gasteiger charge is -2.14. The first-order valence-corrected chi connectivity index (χ1v) is 6.13. The number of carbonyl (C=O) groups is 1. The zero-order valence-electron chi connectivity index (χ0n) is 9.99. The number of halogens is 2. The number of hydrogen-bond donors (Lipinski definition) is 2. The lowest BCUT2D eigenvalue weighted by Crippen LogP contribution is -2.32. The van der Waals surface area contributed by atoms with E-state index in [1.54, 1.807) is 0 Å². The van der Waals surface area contributed by atoms with E-state index in [-0.39, 0.29) is 22.8 Å². The second kappa shape index (κ2) is 5.63. The summed E-state index contributed by atoms with van der Waals surface area (Å²) in [7, 11) is 0. The molecule has 0 aliphatic carbocycles. The van der Waals surface area contributed by atoms with Gasteiger partial charge in [0.25, 0.3) is 0 Å². The van der Waals surface area contributed by atoms with Crippen LogP contribution in [-0.4, -0.2) is 30.3 Å². The molecule has 19 heavy (non-hydrogen) atoms. The van der Waals surface area contributed by atoms with Gasteiger partial charge in [-0.3, -0.25) is 4.79 Å². The number of fused-ring (bicyclic) bond motifs is 1. The highest BCUT2D eigenvalue weighted by molar-refractivity contribution is 6.32. The van der Waals surface area contributed by atoms with Crippen molar-refractivity contribution in [1.82, 2.24) is 0 Å². The summed E-state index contributed by atoms with van der Waals surface area (Å²) in [5.41, 5.74) is 5.49. The number of nitrogens with two attached hydrogens (primary N) is 1. The molecule has 104 valence electrons. The molecule has 1 heterocycles. The van der Waals surface area contributed by atoms with Crippen molar-refractivity contribution in [2.24, 2.45) is 5.73 Å². The normalized spacial score (nSPS) is 15.7. The van der Waals surface area contributed by atoms with Crippen molar-refractivity contribution >= 4 is 17.6 Å². The molecule has 1 atom stereocenters. The van der Waals surface area contributed by atoms with Crippen LogP contribution in [0.5, 0.6) is 11.5 Å². The van der Waals surface area contributed by atoms with Crippen molar-refractivity contribution in [1.29, 1.82) is 0 Å². The molecule has 1 aromatic carbocycles. The fraction of sp³-hybridized carbons (Fsp3) is 0.417. The van der Waals surface area contributed by atoms with Crippen LogP contribution in [0.25, 0.3) is 0 Å². The Kier molecular flexibility index (Phi) is 4.11. The van der Waals surface area contributed by atoms with Crippen LogP contribution >= 0.6 is 11.6 Å². The maximum atomic E-state index is 14.0. The van der Waals surface area contributed by atoms with Gasteiger partial charge in [-0.05, 0) is 11.6 Å². The van der Waals surface area contributed by atoms with Gasteiger partial charge in [0.1, 0.15) is 16.9 Å². The van der Waals surface area contributed by atoms with Gasteiger partial charge in [0, 0.05) is 12.8 Å². The summed E-state index contributed by atoms with van der Waals surface area (Å²) in [5.74, 6) is -1.45. The molecule has 1 unspecified atom stereocenters. The smallest absolute Gasteiger partial charge is 0.320 e. The number of carboxylic acids is 1. The van der Waals surface area contributed by atoms with Crippen LogP contribution in [0.3, 0.4) is 0 Å². The predicted octanol–water partition coefficient (Wildman–Crippen LogP) is 1.59. The second-order valence-electron chi connectivity index (χ2n) is 4.19. The highest BCUT2D eigenvalue weighted by Crippen LogP contribution is 2.40. The molecular weight excluding hydrogens is 277 g/mol. The van der Waals surface area contributed by atoms with Crippen molar-refractivity contribution in [3.63, 3.8) is 0 Å². The molecule has 1 aliphatic heterocycles. The van der Waals surface area contributed by atoms with E-state index >= 15 is 0 Å². The van der Waals surface area contributed by atoms with Crippen molar-refractivity contribution in [3.8, 4) is 11.5 Å². The van der Waals surface area contributed by atoms with Crippen molar-refractivity contribution in [2.75, 3.05) is 13.2 Å². The molecule has 1 aliphatic rings. The van der Waals surface area contributed by atoms with E-state index in [1.165, 1.54) is 6.07 Å². The van der Waals surface area contributed by atoms with E-state index in [0.717, 1.165) is 0 Å². The van der Waals surface area contributed by atoms with Crippen LogP contribution in [0.4, 0.5) is 4.39 Å². The van der Waals surface area contributed by atoms with Gasteiger partial charge in [0.05, 0.1) is 13.2 Å². The summed E-state index contributed by atoms with van der Waals surface area (Å²) in [6, 6.07) is 0.195. The quantitative estimate of drug-likeness (QED) is 0.883. The van der Waals surface area contributed by atoms with Gasteiger partial charge in [0.2, 0.25) is 0 Å². The lowest BCUT2D eigenvalue weighted by molar-refractivity contribution is -0.138. The first kappa shape index (κ1) is 13.9. The van der Waals surface area contributed by atoms with Gasteiger partial charge in [-0.25, -0.2) is 4.39 Å². The van der Waals surface area contributed by atoms with E-state index in [4.69, 9.17) is 31.9 Å². The zero-order valence-corrected chi connectivity index (χ0v) is 10.7. The standard InChI is InChI=1S/C12H13ClFNO4/c13-9-10(14)6(4-7(15)12(16)17)5-8-11(9)19-3-1-2-18-8/h5,7H,1-4,15H2,(H,16,17). The molecule has 0 aromatic heterocycles. The molecular formula is C12H13ClFNO4. The topological polar surface area (TPSA) is 81.8 Å². The Morgan fingerprint density at radius 3 is 2.89 bits per heavy atom. The van der Waals surface area contributed by atoms with Crippen molar-refractivity contribution in [3.05, 3.63) is 22.5 Å². The Hall–Kier alpha value is -1.53. The van der Waals surface area contributed by atoms with Gasteiger partial charge >= 0.3 is 5.97 Å². The first-order valence-electron chi connectivity index (χ1n) is 5.75. The van der Waals surface area contributed by atoms with E-state index in [9.17, 15) is 9.18 Å². The zero-order chi connectivity index (χ0) is 14.0. The Morgan fingerprint density at radius 1 is 1.53 bits per heavy atom. The van der Waals surface area contributed by atoms with Crippen LogP contribution < -0.4 is 15.2 Å². The maximum absolute atomic E-state index is 14.0. The van der Waals surface area contributed by atoms with Crippen molar-refractivity contribution in [2.45, 2.75) is 18.9 Å². The molecule has 1 aromatic rings.